The van der Waals surface area contributed by atoms with E-state index in [4.69, 9.17) is 15.3 Å². The van der Waals surface area contributed by atoms with Gasteiger partial charge in [-0.1, -0.05) is 19.0 Å². The largest absolute Gasteiger partial charge is 0.395 e. The molecule has 0 saturated heterocycles. The summed E-state index contributed by atoms with van der Waals surface area (Å²) < 4.78 is 5.70. The first kappa shape index (κ1) is 23.0. The lowest BCUT2D eigenvalue weighted by molar-refractivity contribution is -0.149. The van der Waals surface area contributed by atoms with E-state index in [0.29, 0.717) is 53.9 Å². The molecule has 0 amide bonds. The van der Waals surface area contributed by atoms with Crippen molar-refractivity contribution in [2.75, 3.05) is 26.9 Å². The molecule has 7 atom stereocenters. The zero-order valence-corrected chi connectivity index (χ0v) is 19.1. The van der Waals surface area contributed by atoms with Gasteiger partial charge in [-0.05, 0) is 80.0 Å². The van der Waals surface area contributed by atoms with Crippen LogP contribution in [0.25, 0.3) is 0 Å². The van der Waals surface area contributed by atoms with Gasteiger partial charge in [-0.25, -0.2) is 0 Å². The maximum absolute atomic E-state index is 12.7. The molecule has 4 aliphatic rings. The summed E-state index contributed by atoms with van der Waals surface area (Å²) in [5.74, 6) is 3.63. The van der Waals surface area contributed by atoms with Crippen LogP contribution in [0.2, 0.25) is 0 Å². The van der Waals surface area contributed by atoms with Crippen LogP contribution in [0.3, 0.4) is 0 Å². The fraction of sp³-hybridized carbons (Fsp3) is 0.913. The van der Waals surface area contributed by atoms with Gasteiger partial charge >= 0.3 is 0 Å². The van der Waals surface area contributed by atoms with Crippen LogP contribution in [0, 0.1) is 40.4 Å². The van der Waals surface area contributed by atoms with Crippen LogP contribution < -0.4 is 5.73 Å². The molecule has 5 nitrogen and oxygen atoms in total. The highest BCUT2D eigenvalue weighted by molar-refractivity contribution is 5.87. The molecule has 1 unspecified atom stereocenters. The third-order valence-corrected chi connectivity index (χ3v) is 9.17. The van der Waals surface area contributed by atoms with Crippen LogP contribution in [-0.2, 0) is 14.4 Å². The Hall–Kier alpha value is -0.650. The third kappa shape index (κ3) is 3.76. The van der Waals surface area contributed by atoms with Crippen molar-refractivity contribution in [2.45, 2.75) is 65.2 Å². The van der Waals surface area contributed by atoms with Crippen LogP contribution in [0.1, 0.15) is 65.2 Å². The summed E-state index contributed by atoms with van der Waals surface area (Å²) in [5, 5.41) is 4.41. The Morgan fingerprint density at radius 1 is 1.17 bits per heavy atom. The summed E-state index contributed by atoms with van der Waals surface area (Å²) in [5.41, 5.74) is 7.02. The summed E-state index contributed by atoms with van der Waals surface area (Å²) in [6, 6.07) is 0. The quantitative estimate of drug-likeness (QED) is 0.527. The lowest BCUT2D eigenvalue weighted by atomic mass is 9.43. The number of nitrogens with two attached hydrogens (primary N) is 1. The van der Waals surface area contributed by atoms with Crippen molar-refractivity contribution in [3.05, 3.63) is 0 Å². The summed E-state index contributed by atoms with van der Waals surface area (Å²) in [6.45, 7) is 6.63. The highest BCUT2D eigenvalue weighted by Gasteiger charge is 2.62. The molecule has 4 fully saturated rings. The van der Waals surface area contributed by atoms with Gasteiger partial charge < -0.3 is 15.3 Å². The van der Waals surface area contributed by atoms with Gasteiger partial charge in [-0.2, -0.15) is 0 Å². The number of carbonyl (C=O) groups excluding carboxylic acids is 1. The maximum Gasteiger partial charge on any atom is 0.139 e. The molecule has 0 aromatic rings. The number of oxime groups is 1. The molecule has 0 heterocycles. The summed E-state index contributed by atoms with van der Waals surface area (Å²) >= 11 is 0. The minimum atomic E-state index is -0.0757. The van der Waals surface area contributed by atoms with Crippen LogP contribution in [0.4, 0.5) is 0 Å². The lowest BCUT2D eigenvalue weighted by Crippen LogP contribution is -2.57. The summed E-state index contributed by atoms with van der Waals surface area (Å²) in [4.78, 5) is 18.1. The molecule has 0 aromatic heterocycles. The van der Waals surface area contributed by atoms with Gasteiger partial charge in [0.1, 0.15) is 12.4 Å². The molecule has 2 N–H and O–H groups in total. The second-order valence-corrected chi connectivity index (χ2v) is 10.3. The molecule has 4 aliphatic carbocycles. The van der Waals surface area contributed by atoms with Crippen molar-refractivity contribution < 1.29 is 14.4 Å². The lowest BCUT2D eigenvalue weighted by Gasteiger charge is -2.62. The first-order valence-electron chi connectivity index (χ1n) is 11.3. The number of fused-ring (bicyclic) bond motifs is 5. The van der Waals surface area contributed by atoms with Gasteiger partial charge in [-0.15, -0.1) is 12.4 Å². The summed E-state index contributed by atoms with van der Waals surface area (Å²) in [6.07, 6.45) is 8.65. The Kier molecular flexibility index (Phi) is 7.02. The number of rotatable bonds is 5. The van der Waals surface area contributed by atoms with Crippen LogP contribution >= 0.6 is 12.4 Å². The summed E-state index contributed by atoms with van der Waals surface area (Å²) in [7, 11) is 1.83. The van der Waals surface area contributed by atoms with E-state index in [2.05, 4.69) is 19.0 Å². The van der Waals surface area contributed by atoms with Gasteiger partial charge in [-0.3, -0.25) is 4.79 Å². The second-order valence-electron chi connectivity index (χ2n) is 10.3. The van der Waals surface area contributed by atoms with Gasteiger partial charge in [0.25, 0.3) is 0 Å². The van der Waals surface area contributed by atoms with E-state index in [1.165, 1.54) is 25.0 Å². The van der Waals surface area contributed by atoms with E-state index < -0.39 is 0 Å². The first-order valence-corrected chi connectivity index (χ1v) is 11.3. The first-order chi connectivity index (χ1) is 13.4. The Labute approximate surface area is 181 Å². The van der Waals surface area contributed by atoms with Gasteiger partial charge in [0.2, 0.25) is 0 Å². The van der Waals surface area contributed by atoms with Crippen LogP contribution in [-0.4, -0.2) is 38.4 Å². The van der Waals surface area contributed by atoms with E-state index >= 15 is 0 Å². The average Bonchev–Trinajstić information content (AvgIpc) is 2.98. The monoisotopic (exact) mass is 426 g/mol. The molecule has 4 rings (SSSR count). The molecule has 166 valence electrons. The molecule has 29 heavy (non-hydrogen) atoms. The van der Waals surface area contributed by atoms with Crippen molar-refractivity contribution in [1.82, 2.24) is 0 Å². The minimum absolute atomic E-state index is 0. The Balaban J connectivity index is 0.00000240. The minimum Gasteiger partial charge on any atom is -0.395 e. The zero-order valence-electron chi connectivity index (χ0n) is 18.3. The molecule has 4 saturated carbocycles. The Morgan fingerprint density at radius 3 is 2.69 bits per heavy atom. The maximum atomic E-state index is 12.7. The van der Waals surface area contributed by atoms with Gasteiger partial charge in [0, 0.05) is 32.1 Å². The van der Waals surface area contributed by atoms with Crippen LogP contribution in [0.5, 0.6) is 0 Å². The normalized spacial score (nSPS) is 45.2. The highest BCUT2D eigenvalue weighted by Crippen LogP contribution is 2.66. The molecule has 0 bridgehead atoms. The number of hydrogen-bond donors (Lipinski definition) is 1. The predicted octanol–water partition coefficient (Wildman–Crippen LogP) is 4.22. The molecule has 6 heteroatoms. The standard InChI is InChI=1S/C23H38N2O3.ClH/c1-22-8-6-17(25-28-11-10-24)13-16(22)12-15(14-27-3)21-18-4-5-20(26)23(18,2)9-7-19(21)22;/h15-16,18-19,21H,4-14,24H2,1-3H3;1H/t15-,16?,18-,19-,21-,22-,23-;/m0./s1. The SMILES string of the molecule is COC[C@@H]1CC2CC(=NOCCN)CC[C@]2(C)[C@H]2CC[C@]3(C)C(=O)CC[C@H]3[C@H]12.Cl. The zero-order chi connectivity index (χ0) is 19.9. The number of methoxy groups -OCH3 is 1. The number of ether oxygens (including phenoxy) is 1. The topological polar surface area (TPSA) is 73.9 Å². The number of halogens is 1. The molecular formula is C23H39ClN2O3. The van der Waals surface area contributed by atoms with Crippen molar-refractivity contribution in [2.24, 2.45) is 51.3 Å². The second kappa shape index (κ2) is 8.84. The fourth-order valence-corrected chi connectivity index (χ4v) is 7.66. The number of hydrogen-bond acceptors (Lipinski definition) is 5. The molecule has 0 aromatic carbocycles. The van der Waals surface area contributed by atoms with Gasteiger partial charge in [0.15, 0.2) is 0 Å². The molecule has 0 radical (unpaired) electrons. The fourth-order valence-electron chi connectivity index (χ4n) is 7.66. The number of Topliss-reactive ketones (excluding diaryl/α,β-unsaturated/α-hetero) is 1. The number of nitrogens with zero attached hydrogens (tertiary/aromatic N) is 1. The third-order valence-electron chi connectivity index (χ3n) is 9.17. The Morgan fingerprint density at radius 2 is 1.97 bits per heavy atom. The number of carbonyl (C=O) groups is 1. The smallest absolute Gasteiger partial charge is 0.139 e. The van der Waals surface area contributed by atoms with Crippen molar-refractivity contribution in [3.8, 4) is 0 Å². The van der Waals surface area contributed by atoms with Gasteiger partial charge in [0.05, 0.1) is 5.71 Å². The molecular weight excluding hydrogens is 388 g/mol. The predicted molar refractivity (Wildman–Crippen MR) is 117 cm³/mol. The van der Waals surface area contributed by atoms with Crippen molar-refractivity contribution >= 4 is 23.9 Å². The van der Waals surface area contributed by atoms with E-state index in [1.807, 2.05) is 7.11 Å². The average molecular weight is 427 g/mol. The van der Waals surface area contributed by atoms with Crippen molar-refractivity contribution in [3.63, 3.8) is 0 Å². The van der Waals surface area contributed by atoms with E-state index in [-0.39, 0.29) is 17.8 Å². The van der Waals surface area contributed by atoms with Crippen LogP contribution in [0.15, 0.2) is 5.16 Å². The van der Waals surface area contributed by atoms with E-state index in [9.17, 15) is 4.79 Å². The van der Waals surface area contributed by atoms with E-state index in [0.717, 1.165) is 38.7 Å². The number of ketones is 1. The molecule has 0 spiro atoms. The Bertz CT molecular complexity index is 642. The molecule has 0 aliphatic heterocycles. The van der Waals surface area contributed by atoms with Crippen molar-refractivity contribution in [1.29, 1.82) is 0 Å². The highest BCUT2D eigenvalue weighted by atomic mass is 35.5. The van der Waals surface area contributed by atoms with E-state index in [1.54, 1.807) is 0 Å².